The van der Waals surface area contributed by atoms with Crippen molar-refractivity contribution in [1.82, 2.24) is 30.4 Å². The summed E-state index contributed by atoms with van der Waals surface area (Å²) in [5.41, 5.74) is 2.95. The van der Waals surface area contributed by atoms with Crippen LogP contribution >= 0.6 is 23.1 Å². The molecule has 1 aliphatic heterocycles. The molecule has 1 aliphatic rings. The Morgan fingerprint density at radius 3 is 2.64 bits per heavy atom. The second-order valence-electron chi connectivity index (χ2n) is 8.86. The third-order valence-corrected chi connectivity index (χ3v) is 8.37. The van der Waals surface area contributed by atoms with Crippen LogP contribution < -0.4 is 10.1 Å². The Morgan fingerprint density at radius 2 is 1.87 bits per heavy atom. The third-order valence-electron chi connectivity index (χ3n) is 6.23. The largest absolute Gasteiger partial charge is 0.494 e. The van der Waals surface area contributed by atoms with Crippen molar-refractivity contribution in [2.24, 2.45) is 0 Å². The van der Waals surface area contributed by atoms with Crippen molar-refractivity contribution in [3.8, 4) is 16.3 Å². The minimum absolute atomic E-state index is 0.427. The Balaban J connectivity index is 1.38. The highest BCUT2D eigenvalue weighted by molar-refractivity contribution is 8.01. The number of nitrogens with one attached hydrogen (secondary N) is 1. The van der Waals surface area contributed by atoms with Crippen LogP contribution in [0.5, 0.6) is 5.75 Å². The van der Waals surface area contributed by atoms with Crippen LogP contribution in [0.25, 0.3) is 10.6 Å². The minimum atomic E-state index is -0.563. The van der Waals surface area contributed by atoms with Crippen molar-refractivity contribution in [2.75, 3.05) is 24.8 Å². The summed E-state index contributed by atoms with van der Waals surface area (Å²) in [5, 5.41) is 24.9. The van der Waals surface area contributed by atoms with E-state index >= 15 is 0 Å². The highest BCUT2D eigenvalue weighted by Gasteiger charge is 2.36. The van der Waals surface area contributed by atoms with Gasteiger partial charge in [0.1, 0.15) is 16.8 Å². The van der Waals surface area contributed by atoms with Gasteiger partial charge in [0.05, 0.1) is 19.3 Å². The first-order valence-corrected chi connectivity index (χ1v) is 14.6. The number of tetrazole rings is 1. The molecule has 39 heavy (non-hydrogen) atoms. The highest BCUT2D eigenvalue weighted by atomic mass is 32.2. The summed E-state index contributed by atoms with van der Waals surface area (Å²) in [6, 6.07) is 17.1. The van der Waals surface area contributed by atoms with Gasteiger partial charge >= 0.3 is 5.97 Å². The average Bonchev–Trinajstić information content (AvgIpc) is 3.65. The maximum Gasteiger partial charge on any atom is 0.338 e. The van der Waals surface area contributed by atoms with Gasteiger partial charge in [-0.15, -0.1) is 10.2 Å². The number of aromatic nitrogens is 6. The van der Waals surface area contributed by atoms with E-state index < -0.39 is 12.0 Å². The molecule has 0 amide bonds. The first kappa shape index (κ1) is 26.8. The number of hydrogen-bond donors (Lipinski definition) is 1. The molecule has 0 radical (unpaired) electrons. The maximum atomic E-state index is 13.1. The van der Waals surface area contributed by atoms with Crippen molar-refractivity contribution in [3.05, 3.63) is 71.4 Å². The molecule has 2 aromatic heterocycles. The quantitative estimate of drug-likeness (QED) is 0.137. The van der Waals surface area contributed by atoms with E-state index in [1.807, 2.05) is 54.6 Å². The maximum absolute atomic E-state index is 13.1. The topological polar surface area (TPSA) is 117 Å². The fourth-order valence-corrected chi connectivity index (χ4v) is 6.10. The fourth-order valence-electron chi connectivity index (χ4n) is 4.27. The van der Waals surface area contributed by atoms with Gasteiger partial charge in [-0.3, -0.25) is 0 Å². The molecule has 0 bridgehead atoms. The molecule has 2 aromatic carbocycles. The van der Waals surface area contributed by atoms with Gasteiger partial charge in [0.2, 0.25) is 5.95 Å². The summed E-state index contributed by atoms with van der Waals surface area (Å²) >= 11 is 2.99. The first-order chi connectivity index (χ1) is 19.2. The van der Waals surface area contributed by atoms with E-state index in [0.717, 1.165) is 39.1 Å². The Kier molecular flexibility index (Phi) is 8.84. The number of rotatable bonds is 12. The normalized spacial score (nSPS) is 14.6. The third kappa shape index (κ3) is 6.28. The van der Waals surface area contributed by atoms with E-state index in [1.54, 1.807) is 4.68 Å². The minimum Gasteiger partial charge on any atom is -0.494 e. The molecule has 5 rings (SSSR count). The molecule has 0 saturated carbocycles. The molecular weight excluding hydrogens is 534 g/mol. The van der Waals surface area contributed by atoms with Gasteiger partial charge in [-0.1, -0.05) is 96.8 Å². The number of thioether (sulfide) groups is 1. The zero-order valence-corrected chi connectivity index (χ0v) is 23.4. The summed E-state index contributed by atoms with van der Waals surface area (Å²) < 4.78 is 13.5. The Hall–Kier alpha value is -3.77. The molecular formula is C27H29N7O3S2. The molecule has 0 fully saturated rings. The van der Waals surface area contributed by atoms with Gasteiger partial charge < -0.3 is 14.8 Å². The molecule has 0 aliphatic carbocycles. The fraction of sp³-hybridized carbons (Fsp3) is 0.333. The van der Waals surface area contributed by atoms with Crippen LogP contribution in [-0.2, 0) is 9.53 Å². The molecule has 1 unspecified atom stereocenters. The molecule has 10 nitrogen and oxygen atoms in total. The number of ether oxygens (including phenoxy) is 2. The Bertz CT molecular complexity index is 1420. The van der Waals surface area contributed by atoms with E-state index in [-0.39, 0.29) is 0 Å². The van der Waals surface area contributed by atoms with E-state index in [4.69, 9.17) is 9.47 Å². The number of benzene rings is 2. The highest BCUT2D eigenvalue weighted by Crippen LogP contribution is 2.38. The van der Waals surface area contributed by atoms with Crippen LogP contribution in [-0.4, -0.2) is 55.8 Å². The van der Waals surface area contributed by atoms with Crippen molar-refractivity contribution >= 4 is 35.0 Å². The van der Waals surface area contributed by atoms with E-state index in [2.05, 4.69) is 38.0 Å². The van der Waals surface area contributed by atoms with Crippen molar-refractivity contribution in [1.29, 1.82) is 0 Å². The van der Waals surface area contributed by atoms with E-state index in [0.29, 0.717) is 29.6 Å². The summed E-state index contributed by atoms with van der Waals surface area (Å²) in [6.45, 7) is 2.87. The lowest BCUT2D eigenvalue weighted by Gasteiger charge is -2.28. The van der Waals surface area contributed by atoms with Gasteiger partial charge in [-0.25, -0.2) is 4.79 Å². The number of hydrogen-bond acceptors (Lipinski definition) is 11. The van der Waals surface area contributed by atoms with Crippen LogP contribution in [0.4, 0.5) is 5.95 Å². The standard InChI is InChI=1S/C27H29N7O3S2/c1-3-4-5-9-16-37-20-14-12-18(13-15-20)23-22(25(35)36-2)21(28-26-30-32-33-34(23)26)17-38-27-31-29-24(39-27)19-10-7-6-8-11-19/h6-8,10-15,23H,3-5,9,16-17H2,1-2H3,(H,28,30,33). The van der Waals surface area contributed by atoms with Crippen LogP contribution in [0.15, 0.2) is 70.2 Å². The molecule has 1 atom stereocenters. The summed E-state index contributed by atoms with van der Waals surface area (Å²) in [4.78, 5) is 13.1. The van der Waals surface area contributed by atoms with Gasteiger partial charge in [0.25, 0.3) is 0 Å². The van der Waals surface area contributed by atoms with E-state index in [9.17, 15) is 4.79 Å². The smallest absolute Gasteiger partial charge is 0.338 e. The van der Waals surface area contributed by atoms with Gasteiger partial charge in [-0.2, -0.15) is 4.68 Å². The van der Waals surface area contributed by atoms with Crippen LogP contribution in [0, 0.1) is 0 Å². The lowest BCUT2D eigenvalue weighted by atomic mass is 9.95. The number of anilines is 1. The predicted molar refractivity (Wildman–Crippen MR) is 151 cm³/mol. The number of nitrogens with zero attached hydrogens (tertiary/aromatic N) is 6. The number of carbonyl (C=O) groups excluding carboxylic acids is 1. The summed E-state index contributed by atoms with van der Waals surface area (Å²) in [7, 11) is 1.37. The summed E-state index contributed by atoms with van der Waals surface area (Å²) in [5.74, 6) is 1.20. The monoisotopic (exact) mass is 563 g/mol. The van der Waals surface area contributed by atoms with Crippen molar-refractivity contribution in [2.45, 2.75) is 43.0 Å². The molecule has 12 heteroatoms. The van der Waals surface area contributed by atoms with Crippen molar-refractivity contribution in [3.63, 3.8) is 0 Å². The van der Waals surface area contributed by atoms with Crippen LogP contribution in [0.3, 0.4) is 0 Å². The average molecular weight is 564 g/mol. The zero-order valence-electron chi connectivity index (χ0n) is 21.7. The number of carbonyl (C=O) groups is 1. The van der Waals surface area contributed by atoms with Crippen LogP contribution in [0.2, 0.25) is 0 Å². The zero-order chi connectivity index (χ0) is 27.0. The molecule has 3 heterocycles. The lowest BCUT2D eigenvalue weighted by molar-refractivity contribution is -0.136. The molecule has 202 valence electrons. The molecule has 4 aromatic rings. The predicted octanol–water partition coefficient (Wildman–Crippen LogP) is 5.39. The van der Waals surface area contributed by atoms with Gasteiger partial charge in [0, 0.05) is 17.0 Å². The van der Waals surface area contributed by atoms with Crippen LogP contribution in [0.1, 0.15) is 44.2 Å². The molecule has 1 N–H and O–H groups in total. The summed E-state index contributed by atoms with van der Waals surface area (Å²) in [6.07, 6.45) is 4.58. The Morgan fingerprint density at radius 1 is 1.05 bits per heavy atom. The second kappa shape index (κ2) is 12.9. The molecule has 0 spiro atoms. The number of unbranched alkanes of at least 4 members (excludes halogenated alkanes) is 3. The second-order valence-corrected chi connectivity index (χ2v) is 11.1. The lowest BCUT2D eigenvalue weighted by Crippen LogP contribution is -2.30. The molecule has 0 saturated heterocycles. The Labute approximate surface area is 234 Å². The van der Waals surface area contributed by atoms with Gasteiger partial charge in [0.15, 0.2) is 4.34 Å². The first-order valence-electron chi connectivity index (χ1n) is 12.8. The van der Waals surface area contributed by atoms with Crippen molar-refractivity contribution < 1.29 is 14.3 Å². The number of fused-ring (bicyclic) bond motifs is 1. The SMILES string of the molecule is CCCCCCOc1ccc(C2C(C(=O)OC)=C(CSc3nnc(-c4ccccc4)s3)Nc3nnnn32)cc1. The number of esters is 1. The van der Waals surface area contributed by atoms with E-state index in [1.165, 1.54) is 43.1 Å². The number of methoxy groups -OCH3 is 1. The van der Waals surface area contributed by atoms with Gasteiger partial charge in [-0.05, 0) is 34.5 Å².